The first-order valence-corrected chi connectivity index (χ1v) is 8.54. The molecule has 0 aliphatic heterocycles. The summed E-state index contributed by atoms with van der Waals surface area (Å²) in [6, 6.07) is 11.9. The summed E-state index contributed by atoms with van der Waals surface area (Å²) in [7, 11) is 0. The molecule has 0 spiro atoms. The van der Waals surface area contributed by atoms with Gasteiger partial charge in [-0.05, 0) is 42.8 Å². The number of anilines is 2. The largest absolute Gasteiger partial charge is 0.399 e. The van der Waals surface area contributed by atoms with Crippen molar-refractivity contribution in [2.24, 2.45) is 5.10 Å². The molecule has 0 fully saturated rings. The first kappa shape index (κ1) is 19.8. The lowest BCUT2D eigenvalue weighted by Gasteiger charge is -2.07. The van der Waals surface area contributed by atoms with Crippen LogP contribution in [-0.2, 0) is 9.59 Å². The summed E-state index contributed by atoms with van der Waals surface area (Å²) in [6.07, 6.45) is -0.0115. The predicted octanol–water partition coefficient (Wildman–Crippen LogP) is 3.83. The van der Waals surface area contributed by atoms with Crippen molar-refractivity contribution in [1.82, 2.24) is 5.43 Å². The Morgan fingerprint density at radius 2 is 1.81 bits per heavy atom. The molecule has 6 nitrogen and oxygen atoms in total. The number of benzene rings is 2. The quantitative estimate of drug-likeness (QED) is 0.395. The minimum atomic E-state index is -0.370. The Labute approximate surface area is 161 Å². The smallest absolute Gasteiger partial charge is 0.240 e. The van der Waals surface area contributed by atoms with Crippen LogP contribution in [0.2, 0.25) is 10.0 Å². The van der Waals surface area contributed by atoms with Gasteiger partial charge in [0, 0.05) is 23.6 Å². The number of hydrazone groups is 1. The van der Waals surface area contributed by atoms with E-state index in [1.54, 1.807) is 37.3 Å². The molecular formula is C18H18Cl2N4O2. The average molecular weight is 393 g/mol. The molecule has 2 rings (SSSR count). The highest BCUT2D eigenvalue weighted by Gasteiger charge is 2.09. The second-order valence-corrected chi connectivity index (χ2v) is 6.37. The van der Waals surface area contributed by atoms with E-state index < -0.39 is 0 Å². The van der Waals surface area contributed by atoms with Gasteiger partial charge in [0.25, 0.3) is 0 Å². The van der Waals surface area contributed by atoms with Gasteiger partial charge in [-0.15, -0.1) is 0 Å². The summed E-state index contributed by atoms with van der Waals surface area (Å²) in [5.41, 5.74) is 10.6. The van der Waals surface area contributed by atoms with Gasteiger partial charge in [0.05, 0.1) is 16.4 Å². The lowest BCUT2D eigenvalue weighted by molar-refractivity contribution is -0.124. The Hall–Kier alpha value is -2.57. The van der Waals surface area contributed by atoms with Crippen LogP contribution in [0.4, 0.5) is 11.4 Å². The van der Waals surface area contributed by atoms with E-state index in [1.165, 1.54) is 6.07 Å². The first-order chi connectivity index (χ1) is 12.3. The van der Waals surface area contributed by atoms with Gasteiger partial charge in [0.2, 0.25) is 11.8 Å². The van der Waals surface area contributed by atoms with Crippen molar-refractivity contribution in [3.63, 3.8) is 0 Å². The van der Waals surface area contributed by atoms with Crippen LogP contribution >= 0.6 is 23.2 Å². The van der Waals surface area contributed by atoms with Crippen molar-refractivity contribution in [2.45, 2.75) is 19.8 Å². The molecule has 0 atom stereocenters. The number of carbonyl (C=O) groups excluding carboxylic acids is 2. The number of nitrogens with zero attached hydrogens (tertiary/aromatic N) is 1. The normalized spacial score (nSPS) is 11.1. The number of hydrogen-bond donors (Lipinski definition) is 3. The van der Waals surface area contributed by atoms with Crippen LogP contribution in [0.25, 0.3) is 0 Å². The van der Waals surface area contributed by atoms with Crippen molar-refractivity contribution >= 4 is 52.1 Å². The molecule has 0 aliphatic carbocycles. The van der Waals surface area contributed by atoms with Crippen molar-refractivity contribution in [3.05, 3.63) is 58.1 Å². The van der Waals surface area contributed by atoms with E-state index in [-0.39, 0.29) is 24.7 Å². The fraction of sp³-hybridized carbons (Fsp3) is 0.167. The van der Waals surface area contributed by atoms with Crippen LogP contribution in [0.5, 0.6) is 0 Å². The average Bonchev–Trinajstić information content (AvgIpc) is 2.60. The summed E-state index contributed by atoms with van der Waals surface area (Å²) in [4.78, 5) is 23.8. The molecule has 2 aromatic rings. The molecule has 0 heterocycles. The van der Waals surface area contributed by atoms with Gasteiger partial charge in [0.1, 0.15) is 0 Å². The minimum Gasteiger partial charge on any atom is -0.399 e. The number of nitrogens with two attached hydrogens (primary N) is 1. The molecule has 0 saturated heterocycles. The molecule has 8 heteroatoms. The predicted molar refractivity (Wildman–Crippen MR) is 106 cm³/mol. The number of amides is 2. The monoisotopic (exact) mass is 392 g/mol. The molecule has 2 aromatic carbocycles. The molecule has 0 saturated carbocycles. The van der Waals surface area contributed by atoms with Crippen LogP contribution < -0.4 is 16.5 Å². The van der Waals surface area contributed by atoms with E-state index >= 15 is 0 Å². The maximum atomic E-state index is 11.9. The summed E-state index contributed by atoms with van der Waals surface area (Å²) in [5, 5.41) is 7.45. The molecule has 136 valence electrons. The van der Waals surface area contributed by atoms with Crippen LogP contribution in [-0.4, -0.2) is 17.5 Å². The molecule has 0 bridgehead atoms. The summed E-state index contributed by atoms with van der Waals surface area (Å²) in [5.74, 6) is -0.702. The Balaban J connectivity index is 1.82. The van der Waals surface area contributed by atoms with Crippen molar-refractivity contribution < 1.29 is 9.59 Å². The molecule has 4 N–H and O–H groups in total. The zero-order valence-electron chi connectivity index (χ0n) is 14.1. The third-order valence-electron chi connectivity index (χ3n) is 3.44. The number of nitrogen functional groups attached to an aromatic ring is 1. The Morgan fingerprint density at radius 1 is 1.08 bits per heavy atom. The van der Waals surface area contributed by atoms with E-state index in [2.05, 4.69) is 15.8 Å². The second-order valence-electron chi connectivity index (χ2n) is 5.53. The Kier molecular flexibility index (Phi) is 7.00. The van der Waals surface area contributed by atoms with E-state index in [9.17, 15) is 9.59 Å². The SMILES string of the molecule is C/C(=N\NC(=O)CCC(=O)Nc1ccc(Cl)cc1Cl)c1cccc(N)c1. The van der Waals surface area contributed by atoms with E-state index in [0.29, 0.717) is 27.1 Å². The van der Waals surface area contributed by atoms with Crippen LogP contribution in [0, 0.1) is 0 Å². The standard InChI is InChI=1S/C18H18Cl2N4O2/c1-11(12-3-2-4-14(21)9-12)23-24-18(26)8-7-17(25)22-16-6-5-13(19)10-15(16)20/h2-6,9-10H,7-8,21H2,1H3,(H,22,25)(H,24,26)/b23-11+. The molecule has 26 heavy (non-hydrogen) atoms. The van der Waals surface area contributed by atoms with Crippen molar-refractivity contribution in [2.75, 3.05) is 11.1 Å². The maximum Gasteiger partial charge on any atom is 0.240 e. The third kappa shape index (κ3) is 6.06. The number of nitrogens with one attached hydrogen (secondary N) is 2. The van der Waals surface area contributed by atoms with Gasteiger partial charge in [0.15, 0.2) is 0 Å². The van der Waals surface area contributed by atoms with Gasteiger partial charge in [-0.3, -0.25) is 9.59 Å². The van der Waals surface area contributed by atoms with Crippen molar-refractivity contribution in [3.8, 4) is 0 Å². The van der Waals surface area contributed by atoms with Gasteiger partial charge in [-0.1, -0.05) is 35.3 Å². The van der Waals surface area contributed by atoms with Gasteiger partial charge >= 0.3 is 0 Å². The Bertz CT molecular complexity index is 853. The zero-order valence-corrected chi connectivity index (χ0v) is 15.6. The van der Waals surface area contributed by atoms with E-state index in [0.717, 1.165) is 5.56 Å². The first-order valence-electron chi connectivity index (χ1n) is 7.79. The van der Waals surface area contributed by atoms with Gasteiger partial charge < -0.3 is 11.1 Å². The lowest BCUT2D eigenvalue weighted by Crippen LogP contribution is -2.21. The number of carbonyl (C=O) groups is 2. The van der Waals surface area contributed by atoms with Crippen LogP contribution in [0.15, 0.2) is 47.6 Å². The third-order valence-corrected chi connectivity index (χ3v) is 3.98. The lowest BCUT2D eigenvalue weighted by atomic mass is 10.1. The summed E-state index contributed by atoms with van der Waals surface area (Å²) in [6.45, 7) is 1.75. The van der Waals surface area contributed by atoms with Gasteiger partial charge in [-0.2, -0.15) is 5.10 Å². The molecular weight excluding hydrogens is 375 g/mol. The highest BCUT2D eigenvalue weighted by Crippen LogP contribution is 2.25. The Morgan fingerprint density at radius 3 is 2.50 bits per heavy atom. The minimum absolute atomic E-state index is 0.00234. The van der Waals surface area contributed by atoms with Gasteiger partial charge in [-0.25, -0.2) is 5.43 Å². The number of rotatable bonds is 6. The van der Waals surface area contributed by atoms with Crippen molar-refractivity contribution in [1.29, 1.82) is 0 Å². The maximum absolute atomic E-state index is 11.9. The van der Waals surface area contributed by atoms with E-state index in [1.807, 2.05) is 6.07 Å². The molecule has 0 aromatic heterocycles. The molecule has 0 radical (unpaired) electrons. The fourth-order valence-corrected chi connectivity index (χ4v) is 2.52. The zero-order chi connectivity index (χ0) is 19.1. The van der Waals surface area contributed by atoms with E-state index in [4.69, 9.17) is 28.9 Å². The molecule has 0 aliphatic rings. The van der Waals surface area contributed by atoms with Crippen LogP contribution in [0.1, 0.15) is 25.3 Å². The second kappa shape index (κ2) is 9.22. The molecule has 2 amide bonds. The summed E-state index contributed by atoms with van der Waals surface area (Å²) < 4.78 is 0. The highest BCUT2D eigenvalue weighted by molar-refractivity contribution is 6.36. The fourth-order valence-electron chi connectivity index (χ4n) is 2.06. The summed E-state index contributed by atoms with van der Waals surface area (Å²) >= 11 is 11.8. The van der Waals surface area contributed by atoms with Crippen LogP contribution in [0.3, 0.4) is 0 Å². The highest BCUT2D eigenvalue weighted by atomic mass is 35.5. The molecule has 0 unspecified atom stereocenters. The number of hydrogen-bond acceptors (Lipinski definition) is 4. The number of halogens is 2. The topological polar surface area (TPSA) is 96.6 Å².